The molecule has 1 unspecified atom stereocenters. The summed E-state index contributed by atoms with van der Waals surface area (Å²) in [5.74, 6) is 0.480. The Morgan fingerprint density at radius 1 is 1.12 bits per heavy atom. The SMILES string of the molecule is CN1Cc2ccccc2C(c2ccncc2)C1. The maximum absolute atomic E-state index is 4.10. The monoisotopic (exact) mass is 224 g/mol. The third-order valence-corrected chi connectivity index (χ3v) is 3.47. The molecule has 0 bridgehead atoms. The molecular formula is C15H16N2. The summed E-state index contributed by atoms with van der Waals surface area (Å²) < 4.78 is 0. The first-order chi connectivity index (χ1) is 8.34. The van der Waals surface area contributed by atoms with Crippen LogP contribution in [-0.4, -0.2) is 23.5 Å². The second-order valence-electron chi connectivity index (χ2n) is 4.73. The highest BCUT2D eigenvalue weighted by molar-refractivity contribution is 5.39. The lowest BCUT2D eigenvalue weighted by molar-refractivity contribution is 0.295. The van der Waals surface area contributed by atoms with Gasteiger partial charge in [0.05, 0.1) is 0 Å². The largest absolute Gasteiger partial charge is 0.301 e. The summed E-state index contributed by atoms with van der Waals surface area (Å²) >= 11 is 0. The van der Waals surface area contributed by atoms with Crippen molar-refractivity contribution in [1.29, 1.82) is 0 Å². The molecule has 0 fully saturated rings. The Bertz CT molecular complexity index is 507. The lowest BCUT2D eigenvalue weighted by Gasteiger charge is -2.32. The van der Waals surface area contributed by atoms with Crippen molar-refractivity contribution >= 4 is 0 Å². The van der Waals surface area contributed by atoms with E-state index in [4.69, 9.17) is 0 Å². The van der Waals surface area contributed by atoms with Crippen LogP contribution in [0.4, 0.5) is 0 Å². The summed E-state index contributed by atoms with van der Waals surface area (Å²) in [6, 6.07) is 13.0. The van der Waals surface area contributed by atoms with E-state index in [0.717, 1.165) is 13.1 Å². The number of likely N-dealkylation sites (N-methyl/N-ethyl adjacent to an activating group) is 1. The van der Waals surface area contributed by atoms with Gasteiger partial charge < -0.3 is 4.90 Å². The van der Waals surface area contributed by atoms with E-state index in [-0.39, 0.29) is 0 Å². The van der Waals surface area contributed by atoms with Crippen molar-refractivity contribution in [2.45, 2.75) is 12.5 Å². The van der Waals surface area contributed by atoms with Gasteiger partial charge >= 0.3 is 0 Å². The lowest BCUT2D eigenvalue weighted by atomic mass is 9.85. The number of aromatic nitrogens is 1. The lowest BCUT2D eigenvalue weighted by Crippen LogP contribution is -2.30. The van der Waals surface area contributed by atoms with E-state index in [2.05, 4.69) is 53.3 Å². The highest BCUT2D eigenvalue weighted by Gasteiger charge is 2.23. The average Bonchev–Trinajstić information content (AvgIpc) is 2.39. The number of pyridine rings is 1. The molecular weight excluding hydrogens is 208 g/mol. The van der Waals surface area contributed by atoms with Crippen LogP contribution < -0.4 is 0 Å². The number of rotatable bonds is 1. The molecule has 1 atom stereocenters. The van der Waals surface area contributed by atoms with E-state index < -0.39 is 0 Å². The fourth-order valence-electron chi connectivity index (χ4n) is 2.66. The summed E-state index contributed by atoms with van der Waals surface area (Å²) in [6.45, 7) is 2.14. The smallest absolute Gasteiger partial charge is 0.0270 e. The molecule has 0 aliphatic carbocycles. The quantitative estimate of drug-likeness (QED) is 0.740. The van der Waals surface area contributed by atoms with Crippen molar-refractivity contribution in [3.8, 4) is 0 Å². The Morgan fingerprint density at radius 2 is 1.88 bits per heavy atom. The molecule has 2 heterocycles. The normalized spacial score (nSPS) is 19.9. The molecule has 1 aliphatic heterocycles. The molecule has 0 saturated carbocycles. The summed E-state index contributed by atoms with van der Waals surface area (Å²) in [5.41, 5.74) is 4.28. The molecule has 0 saturated heterocycles. The van der Waals surface area contributed by atoms with Crippen LogP contribution in [0, 0.1) is 0 Å². The molecule has 1 aromatic heterocycles. The molecule has 0 radical (unpaired) electrons. The van der Waals surface area contributed by atoms with Crippen LogP contribution in [0.25, 0.3) is 0 Å². The van der Waals surface area contributed by atoms with Crippen LogP contribution in [0.3, 0.4) is 0 Å². The molecule has 2 heteroatoms. The fourth-order valence-corrected chi connectivity index (χ4v) is 2.66. The zero-order valence-corrected chi connectivity index (χ0v) is 10.0. The van der Waals surface area contributed by atoms with Gasteiger partial charge in [-0.05, 0) is 35.9 Å². The van der Waals surface area contributed by atoms with Crippen LogP contribution in [0.2, 0.25) is 0 Å². The Labute approximate surface area is 102 Å². The van der Waals surface area contributed by atoms with Crippen molar-refractivity contribution in [1.82, 2.24) is 9.88 Å². The van der Waals surface area contributed by atoms with Crippen molar-refractivity contribution in [3.05, 3.63) is 65.5 Å². The van der Waals surface area contributed by atoms with Gasteiger partial charge in [0.25, 0.3) is 0 Å². The number of benzene rings is 1. The van der Waals surface area contributed by atoms with Crippen molar-refractivity contribution in [2.24, 2.45) is 0 Å². The first-order valence-corrected chi connectivity index (χ1v) is 6.01. The van der Waals surface area contributed by atoms with Crippen molar-refractivity contribution in [2.75, 3.05) is 13.6 Å². The van der Waals surface area contributed by atoms with Crippen molar-refractivity contribution < 1.29 is 0 Å². The number of hydrogen-bond donors (Lipinski definition) is 0. The first kappa shape index (κ1) is 10.5. The van der Waals surface area contributed by atoms with Crippen LogP contribution in [-0.2, 0) is 6.54 Å². The molecule has 17 heavy (non-hydrogen) atoms. The standard InChI is InChI=1S/C15H16N2/c1-17-10-13-4-2-3-5-14(13)15(11-17)12-6-8-16-9-7-12/h2-9,15H,10-11H2,1H3. The Hall–Kier alpha value is -1.67. The van der Waals surface area contributed by atoms with Crippen LogP contribution in [0.5, 0.6) is 0 Å². The van der Waals surface area contributed by atoms with Gasteiger partial charge in [-0.25, -0.2) is 0 Å². The zero-order valence-electron chi connectivity index (χ0n) is 10.0. The van der Waals surface area contributed by atoms with Gasteiger partial charge in [-0.3, -0.25) is 4.98 Å². The van der Waals surface area contributed by atoms with E-state index in [1.54, 1.807) is 0 Å². The van der Waals surface area contributed by atoms with Crippen molar-refractivity contribution in [3.63, 3.8) is 0 Å². The Balaban J connectivity index is 2.07. The minimum Gasteiger partial charge on any atom is -0.301 e. The topological polar surface area (TPSA) is 16.1 Å². The minimum absolute atomic E-state index is 0.480. The molecule has 1 aromatic carbocycles. The molecule has 86 valence electrons. The Morgan fingerprint density at radius 3 is 2.71 bits per heavy atom. The summed E-state index contributed by atoms with van der Waals surface area (Å²) in [7, 11) is 2.18. The third-order valence-electron chi connectivity index (χ3n) is 3.47. The minimum atomic E-state index is 0.480. The summed E-state index contributed by atoms with van der Waals surface area (Å²) in [6.07, 6.45) is 3.76. The third kappa shape index (κ3) is 1.96. The van der Waals surface area contributed by atoms with Gasteiger partial charge in [-0.15, -0.1) is 0 Å². The van der Waals surface area contributed by atoms with E-state index in [9.17, 15) is 0 Å². The predicted octanol–water partition coefficient (Wildman–Crippen LogP) is 2.66. The number of fused-ring (bicyclic) bond motifs is 1. The highest BCUT2D eigenvalue weighted by Crippen LogP contribution is 2.32. The molecule has 2 aromatic rings. The van der Waals surface area contributed by atoms with E-state index >= 15 is 0 Å². The van der Waals surface area contributed by atoms with Gasteiger partial charge in [-0.1, -0.05) is 24.3 Å². The zero-order chi connectivity index (χ0) is 11.7. The van der Waals surface area contributed by atoms with Gasteiger partial charge in [0.1, 0.15) is 0 Å². The van der Waals surface area contributed by atoms with E-state index in [0.29, 0.717) is 5.92 Å². The Kier molecular flexibility index (Phi) is 2.65. The van der Waals surface area contributed by atoms with Gasteiger partial charge in [0, 0.05) is 31.4 Å². The van der Waals surface area contributed by atoms with Crippen LogP contribution >= 0.6 is 0 Å². The van der Waals surface area contributed by atoms with Crippen LogP contribution in [0.15, 0.2) is 48.8 Å². The molecule has 1 aliphatic rings. The second kappa shape index (κ2) is 4.30. The summed E-state index contributed by atoms with van der Waals surface area (Å²) in [4.78, 5) is 6.48. The maximum Gasteiger partial charge on any atom is 0.0270 e. The molecule has 0 amide bonds. The van der Waals surface area contributed by atoms with Gasteiger partial charge in [0.15, 0.2) is 0 Å². The number of nitrogens with zero attached hydrogens (tertiary/aromatic N) is 2. The molecule has 2 nitrogen and oxygen atoms in total. The van der Waals surface area contributed by atoms with E-state index in [1.807, 2.05) is 12.4 Å². The van der Waals surface area contributed by atoms with Crippen LogP contribution in [0.1, 0.15) is 22.6 Å². The predicted molar refractivity (Wildman–Crippen MR) is 68.9 cm³/mol. The van der Waals surface area contributed by atoms with E-state index in [1.165, 1.54) is 16.7 Å². The number of hydrogen-bond acceptors (Lipinski definition) is 2. The highest BCUT2D eigenvalue weighted by atomic mass is 15.1. The maximum atomic E-state index is 4.10. The molecule has 0 N–H and O–H groups in total. The second-order valence-corrected chi connectivity index (χ2v) is 4.73. The van der Waals surface area contributed by atoms with Gasteiger partial charge in [0.2, 0.25) is 0 Å². The average molecular weight is 224 g/mol. The molecule has 0 spiro atoms. The van der Waals surface area contributed by atoms with Gasteiger partial charge in [-0.2, -0.15) is 0 Å². The molecule has 3 rings (SSSR count). The first-order valence-electron chi connectivity index (χ1n) is 6.01. The summed E-state index contributed by atoms with van der Waals surface area (Å²) in [5, 5.41) is 0. The fraction of sp³-hybridized carbons (Fsp3) is 0.267.